The zero-order valence-electron chi connectivity index (χ0n) is 8.50. The van der Waals surface area contributed by atoms with Crippen LogP contribution in [0.15, 0.2) is 35.4 Å². The fourth-order valence-electron chi connectivity index (χ4n) is 1.51. The third-order valence-corrected chi connectivity index (χ3v) is 3.29. The molecule has 0 aliphatic carbocycles. The van der Waals surface area contributed by atoms with Gasteiger partial charge in [-0.15, -0.1) is 0 Å². The van der Waals surface area contributed by atoms with E-state index in [2.05, 4.69) is 10.1 Å². The molecule has 0 bridgehead atoms. The lowest BCUT2D eigenvalue weighted by molar-refractivity contribution is 0.625. The van der Waals surface area contributed by atoms with Gasteiger partial charge in [0, 0.05) is 5.56 Å². The van der Waals surface area contributed by atoms with Crippen molar-refractivity contribution in [2.45, 2.75) is 0 Å². The summed E-state index contributed by atoms with van der Waals surface area (Å²) in [5.41, 5.74) is 0.111. The smallest absolute Gasteiger partial charge is 0.266 e. The number of hydrogen-bond donors (Lipinski definition) is 0. The molecule has 3 rings (SSSR count). The Morgan fingerprint density at radius 2 is 2.18 bits per heavy atom. The van der Waals surface area contributed by atoms with Crippen molar-refractivity contribution in [3.8, 4) is 0 Å². The van der Waals surface area contributed by atoms with Gasteiger partial charge in [-0.1, -0.05) is 29.5 Å². The molecule has 0 N–H and O–H groups in total. The van der Waals surface area contributed by atoms with Gasteiger partial charge in [0.2, 0.25) is 4.96 Å². The number of rotatable bonds is 1. The highest BCUT2D eigenvalue weighted by atomic mass is 32.1. The molecule has 0 saturated carbocycles. The van der Waals surface area contributed by atoms with E-state index in [0.29, 0.717) is 15.1 Å². The highest BCUT2D eigenvalue weighted by molar-refractivity contribution is 7.15. The molecule has 84 valence electrons. The molecule has 4 nitrogen and oxygen atoms in total. The van der Waals surface area contributed by atoms with E-state index in [0.717, 1.165) is 0 Å². The number of hydrogen-bond acceptors (Lipinski definition) is 4. The van der Waals surface area contributed by atoms with Crippen LogP contribution in [-0.4, -0.2) is 14.6 Å². The van der Waals surface area contributed by atoms with Crippen LogP contribution in [0.1, 0.15) is 5.56 Å². The standard InChI is InChI=1S/C11H6FN3OS/c12-8-4-2-1-3-7(8)5-9-10(16)15-11(17-9)13-6-14-15/h1-6H/b9-5+. The molecule has 0 spiro atoms. The van der Waals surface area contributed by atoms with Crippen molar-refractivity contribution in [3.05, 3.63) is 56.9 Å². The molecule has 1 aromatic carbocycles. The number of nitrogens with zero attached hydrogens (tertiary/aromatic N) is 3. The van der Waals surface area contributed by atoms with Crippen LogP contribution in [-0.2, 0) is 0 Å². The van der Waals surface area contributed by atoms with Crippen molar-refractivity contribution >= 4 is 22.4 Å². The van der Waals surface area contributed by atoms with Gasteiger partial charge in [-0.25, -0.2) is 9.37 Å². The highest BCUT2D eigenvalue weighted by Gasteiger charge is 2.05. The van der Waals surface area contributed by atoms with E-state index in [-0.39, 0.29) is 11.4 Å². The van der Waals surface area contributed by atoms with Crippen LogP contribution in [0.4, 0.5) is 4.39 Å². The van der Waals surface area contributed by atoms with Crippen LogP contribution < -0.4 is 10.1 Å². The molecule has 0 fully saturated rings. The van der Waals surface area contributed by atoms with Gasteiger partial charge < -0.3 is 0 Å². The maximum absolute atomic E-state index is 13.4. The molecule has 0 aliphatic rings. The average molecular weight is 247 g/mol. The zero-order chi connectivity index (χ0) is 11.8. The second-order valence-electron chi connectivity index (χ2n) is 3.39. The Balaban J connectivity index is 2.28. The minimum absolute atomic E-state index is 0.272. The number of thiazole rings is 1. The molecular formula is C11H6FN3OS. The van der Waals surface area contributed by atoms with Gasteiger partial charge in [-0.05, 0) is 12.1 Å². The van der Waals surface area contributed by atoms with Gasteiger partial charge in [-0.2, -0.15) is 9.61 Å². The first-order valence-corrected chi connectivity index (χ1v) is 5.66. The van der Waals surface area contributed by atoms with E-state index in [4.69, 9.17) is 0 Å². The molecule has 2 heterocycles. The third-order valence-electron chi connectivity index (χ3n) is 2.31. The zero-order valence-corrected chi connectivity index (χ0v) is 9.32. The van der Waals surface area contributed by atoms with Gasteiger partial charge in [0.1, 0.15) is 12.1 Å². The molecule has 0 unspecified atom stereocenters. The summed E-state index contributed by atoms with van der Waals surface area (Å²) in [4.78, 5) is 16.3. The van der Waals surface area contributed by atoms with Crippen LogP contribution in [0.3, 0.4) is 0 Å². The summed E-state index contributed by atoms with van der Waals surface area (Å²) < 4.78 is 15.0. The van der Waals surface area contributed by atoms with E-state index >= 15 is 0 Å². The maximum atomic E-state index is 13.4. The molecular weight excluding hydrogens is 241 g/mol. The number of benzene rings is 1. The Bertz CT molecular complexity index is 793. The summed E-state index contributed by atoms with van der Waals surface area (Å²) in [5, 5.41) is 3.79. The fraction of sp³-hybridized carbons (Fsp3) is 0. The summed E-state index contributed by atoms with van der Waals surface area (Å²) in [6.07, 6.45) is 2.83. The van der Waals surface area contributed by atoms with Crippen molar-refractivity contribution < 1.29 is 4.39 Å². The molecule has 2 aromatic heterocycles. The third kappa shape index (κ3) is 1.62. The average Bonchev–Trinajstić information content (AvgIpc) is 2.87. The summed E-state index contributed by atoms with van der Waals surface area (Å²) in [5.74, 6) is -0.356. The Morgan fingerprint density at radius 3 is 2.94 bits per heavy atom. The second-order valence-corrected chi connectivity index (χ2v) is 4.40. The molecule has 0 saturated heterocycles. The lowest BCUT2D eigenvalue weighted by Crippen LogP contribution is -2.23. The molecule has 0 aliphatic heterocycles. The minimum atomic E-state index is -0.356. The molecule has 0 atom stereocenters. The molecule has 3 aromatic rings. The first-order chi connectivity index (χ1) is 8.25. The predicted octanol–water partition coefficient (Wildman–Crippen LogP) is 0.838. The highest BCUT2D eigenvalue weighted by Crippen LogP contribution is 2.07. The fourth-order valence-corrected chi connectivity index (χ4v) is 2.38. The van der Waals surface area contributed by atoms with Crippen LogP contribution in [0.5, 0.6) is 0 Å². The van der Waals surface area contributed by atoms with Gasteiger partial charge in [0.15, 0.2) is 0 Å². The van der Waals surface area contributed by atoms with Gasteiger partial charge in [-0.3, -0.25) is 4.79 Å². The van der Waals surface area contributed by atoms with Gasteiger partial charge in [0.25, 0.3) is 5.56 Å². The van der Waals surface area contributed by atoms with Crippen LogP contribution in [0.25, 0.3) is 11.0 Å². The van der Waals surface area contributed by atoms with E-state index in [1.165, 1.54) is 34.3 Å². The van der Waals surface area contributed by atoms with E-state index in [1.807, 2.05) is 0 Å². The van der Waals surface area contributed by atoms with E-state index in [1.54, 1.807) is 18.2 Å². The van der Waals surface area contributed by atoms with Crippen molar-refractivity contribution in [2.75, 3.05) is 0 Å². The molecule has 0 amide bonds. The van der Waals surface area contributed by atoms with Crippen LogP contribution in [0, 0.1) is 5.82 Å². The quantitative estimate of drug-likeness (QED) is 0.640. The van der Waals surface area contributed by atoms with Crippen molar-refractivity contribution in [3.63, 3.8) is 0 Å². The summed E-state index contributed by atoms with van der Waals surface area (Å²) in [6.45, 7) is 0. The normalized spacial score (nSPS) is 12.4. The SMILES string of the molecule is O=c1/c(=C\c2ccccc2F)sc2ncnn12. The monoisotopic (exact) mass is 247 g/mol. The largest absolute Gasteiger partial charge is 0.291 e. The van der Waals surface area contributed by atoms with Crippen molar-refractivity contribution in [1.29, 1.82) is 0 Å². The lowest BCUT2D eigenvalue weighted by Gasteiger charge is -1.92. The first kappa shape index (κ1) is 10.1. The molecule has 6 heteroatoms. The van der Waals surface area contributed by atoms with E-state index in [9.17, 15) is 9.18 Å². The second kappa shape index (κ2) is 3.74. The first-order valence-electron chi connectivity index (χ1n) is 4.84. The van der Waals surface area contributed by atoms with Crippen molar-refractivity contribution in [2.24, 2.45) is 0 Å². The Kier molecular flexibility index (Phi) is 2.22. The topological polar surface area (TPSA) is 47.3 Å². The number of fused-ring (bicyclic) bond motifs is 1. The Morgan fingerprint density at radius 1 is 1.35 bits per heavy atom. The van der Waals surface area contributed by atoms with Gasteiger partial charge in [0.05, 0.1) is 4.53 Å². The Hall–Kier alpha value is -2.08. The molecule has 17 heavy (non-hydrogen) atoms. The van der Waals surface area contributed by atoms with Gasteiger partial charge >= 0.3 is 0 Å². The number of halogens is 1. The summed E-state index contributed by atoms with van der Waals surface area (Å²) in [7, 11) is 0. The number of aromatic nitrogens is 3. The molecule has 0 radical (unpaired) electrons. The maximum Gasteiger partial charge on any atom is 0.291 e. The van der Waals surface area contributed by atoms with Crippen LogP contribution >= 0.6 is 11.3 Å². The van der Waals surface area contributed by atoms with Crippen LogP contribution in [0.2, 0.25) is 0 Å². The Labute approximate surface area is 98.7 Å². The minimum Gasteiger partial charge on any atom is -0.266 e. The van der Waals surface area contributed by atoms with E-state index < -0.39 is 0 Å². The summed E-state index contributed by atoms with van der Waals surface area (Å²) in [6, 6.07) is 6.29. The lowest BCUT2D eigenvalue weighted by atomic mass is 10.2. The van der Waals surface area contributed by atoms with Crippen molar-refractivity contribution in [1.82, 2.24) is 14.6 Å². The summed E-state index contributed by atoms with van der Waals surface area (Å²) >= 11 is 1.19. The predicted molar refractivity (Wildman–Crippen MR) is 62.3 cm³/mol.